The molecule has 1 atom stereocenters. The molecular weight excluding hydrogens is 682 g/mol. The van der Waals surface area contributed by atoms with Crippen molar-refractivity contribution in [2.75, 3.05) is 48.3 Å². The number of rotatable bonds is 14. The van der Waals surface area contributed by atoms with Crippen molar-refractivity contribution < 1.29 is 48.9 Å². The van der Waals surface area contributed by atoms with Crippen LogP contribution in [-0.2, 0) is 38.5 Å². The van der Waals surface area contributed by atoms with E-state index in [4.69, 9.17) is 4.55 Å². The Bertz CT molecular complexity index is 1530. The highest BCUT2D eigenvalue weighted by atomic mass is 32.2. The molecule has 2 aliphatic rings. The smallest absolute Gasteiger partial charge is 0.356 e. The Hall–Kier alpha value is -3.67. The van der Waals surface area contributed by atoms with E-state index in [1.807, 2.05) is 0 Å². The van der Waals surface area contributed by atoms with Gasteiger partial charge in [0.25, 0.3) is 10.1 Å². The third-order valence-corrected chi connectivity index (χ3v) is 9.46. The number of aromatic nitrogens is 2. The highest BCUT2D eigenvalue weighted by Crippen LogP contribution is 2.34. The second kappa shape index (κ2) is 16.4. The number of anilines is 2. The topological polar surface area (TPSA) is 145 Å². The molecule has 2 amide bonds. The molecule has 4 rings (SSSR count). The van der Waals surface area contributed by atoms with Gasteiger partial charge in [0.15, 0.2) is 0 Å². The standard InChI is InChI=1S/C31H40F6N6O5S/c32-30(33,34)23-9-7-22(8-10-23)11-15-39-28(45)24-5-2-16-43(24)26-20-25(40-29(41-26)31(35,36)37)42-17-12-21(13-18-42)4-1-6-27(44)38-14-3-19-49(46,47)48/h7-10,20-21,24H,1-6,11-19H2,(H,38,44)(H,39,45)(H,46,47,48)/t24-/m0/s1. The molecular formula is C31H40F6N6O5S. The van der Waals surface area contributed by atoms with Crippen LogP contribution in [0.3, 0.4) is 0 Å². The molecule has 1 aromatic heterocycles. The number of hydrogen-bond donors (Lipinski definition) is 3. The number of hydrogen-bond acceptors (Lipinski definition) is 8. The average Bonchev–Trinajstić information content (AvgIpc) is 3.53. The Kier molecular flexibility index (Phi) is 12.7. The van der Waals surface area contributed by atoms with Crippen molar-refractivity contribution in [3.63, 3.8) is 0 Å². The monoisotopic (exact) mass is 722 g/mol. The number of halogens is 6. The summed E-state index contributed by atoms with van der Waals surface area (Å²) in [7, 11) is -4.08. The van der Waals surface area contributed by atoms with Gasteiger partial charge >= 0.3 is 12.4 Å². The van der Waals surface area contributed by atoms with Crippen LogP contribution < -0.4 is 20.4 Å². The largest absolute Gasteiger partial charge is 0.451 e. The summed E-state index contributed by atoms with van der Waals surface area (Å²) in [6, 6.07) is 5.30. The molecule has 1 aromatic carbocycles. The first-order valence-electron chi connectivity index (χ1n) is 16.1. The van der Waals surface area contributed by atoms with E-state index in [0.29, 0.717) is 57.3 Å². The van der Waals surface area contributed by atoms with Crippen molar-refractivity contribution in [2.24, 2.45) is 5.92 Å². The summed E-state index contributed by atoms with van der Waals surface area (Å²) in [6.45, 7) is 1.45. The molecule has 0 aliphatic carbocycles. The van der Waals surface area contributed by atoms with Crippen molar-refractivity contribution in [3.05, 3.63) is 47.3 Å². The van der Waals surface area contributed by atoms with Gasteiger partial charge in [0, 0.05) is 45.2 Å². The fourth-order valence-electron chi connectivity index (χ4n) is 6.05. The maximum Gasteiger partial charge on any atom is 0.451 e. The molecule has 0 radical (unpaired) electrons. The minimum Gasteiger partial charge on any atom is -0.356 e. The number of piperidine rings is 1. The summed E-state index contributed by atoms with van der Waals surface area (Å²) in [5.41, 5.74) is -0.185. The first-order valence-corrected chi connectivity index (χ1v) is 17.7. The number of carbonyl (C=O) groups is 2. The minimum absolute atomic E-state index is 0.0116. The highest BCUT2D eigenvalue weighted by Gasteiger charge is 2.39. The van der Waals surface area contributed by atoms with Gasteiger partial charge < -0.3 is 20.4 Å². The third-order valence-electron chi connectivity index (χ3n) is 8.65. The predicted octanol–water partition coefficient (Wildman–Crippen LogP) is 4.62. The van der Waals surface area contributed by atoms with Crippen molar-refractivity contribution in [3.8, 4) is 0 Å². The molecule has 0 spiro atoms. The summed E-state index contributed by atoms with van der Waals surface area (Å²) in [5, 5.41) is 5.36. The lowest BCUT2D eigenvalue weighted by molar-refractivity contribution is -0.144. The van der Waals surface area contributed by atoms with Crippen LogP contribution in [0.2, 0.25) is 0 Å². The van der Waals surface area contributed by atoms with E-state index in [0.717, 1.165) is 18.6 Å². The Morgan fingerprint density at radius 1 is 0.878 bits per heavy atom. The summed E-state index contributed by atoms with van der Waals surface area (Å²) in [4.78, 5) is 36.0. The summed E-state index contributed by atoms with van der Waals surface area (Å²) < 4.78 is 110. The highest BCUT2D eigenvalue weighted by molar-refractivity contribution is 7.85. The van der Waals surface area contributed by atoms with Crippen LogP contribution in [0.1, 0.15) is 68.3 Å². The van der Waals surface area contributed by atoms with Gasteiger partial charge in [0.05, 0.1) is 11.3 Å². The van der Waals surface area contributed by atoms with E-state index >= 15 is 0 Å². The van der Waals surface area contributed by atoms with Crippen molar-refractivity contribution in [1.82, 2.24) is 20.6 Å². The number of amides is 2. The third kappa shape index (κ3) is 11.7. The summed E-state index contributed by atoms with van der Waals surface area (Å²) >= 11 is 0. The maximum absolute atomic E-state index is 13.9. The van der Waals surface area contributed by atoms with Crippen LogP contribution in [-0.4, -0.2) is 79.3 Å². The zero-order valence-electron chi connectivity index (χ0n) is 26.7. The van der Waals surface area contributed by atoms with Crippen LogP contribution in [0.5, 0.6) is 0 Å². The second-order valence-corrected chi connectivity index (χ2v) is 13.9. The van der Waals surface area contributed by atoms with Crippen LogP contribution in [0, 0.1) is 5.92 Å². The molecule has 18 heteroatoms. The van der Waals surface area contributed by atoms with E-state index in [9.17, 15) is 44.3 Å². The molecule has 2 saturated heterocycles. The molecule has 2 aliphatic heterocycles. The van der Waals surface area contributed by atoms with Crippen LogP contribution in [0.15, 0.2) is 30.3 Å². The maximum atomic E-state index is 13.9. The van der Waals surface area contributed by atoms with Gasteiger partial charge in [-0.2, -0.15) is 34.8 Å². The number of benzene rings is 1. The zero-order chi connectivity index (χ0) is 35.8. The fraction of sp³-hybridized carbons (Fsp3) is 0.613. The van der Waals surface area contributed by atoms with Gasteiger partial charge in [-0.05, 0) is 75.0 Å². The SMILES string of the molecule is O=C(CCCC1CCN(c2cc(N3CCC[C@H]3C(=O)NCCc3ccc(C(F)(F)F)cc3)nc(C(F)(F)F)n2)CC1)NCCCS(=O)(=O)O. The lowest BCUT2D eigenvalue weighted by Gasteiger charge is -2.34. The predicted molar refractivity (Wildman–Crippen MR) is 168 cm³/mol. The minimum atomic E-state index is -4.82. The Morgan fingerprint density at radius 2 is 1.55 bits per heavy atom. The molecule has 0 unspecified atom stereocenters. The van der Waals surface area contributed by atoms with Crippen LogP contribution in [0.25, 0.3) is 0 Å². The van der Waals surface area contributed by atoms with E-state index in [2.05, 4.69) is 20.6 Å². The Labute approximate surface area is 280 Å². The molecule has 49 heavy (non-hydrogen) atoms. The number of carbonyl (C=O) groups excluding carboxylic acids is 2. The summed E-state index contributed by atoms with van der Waals surface area (Å²) in [5.74, 6) is -2.04. The lowest BCUT2D eigenvalue weighted by atomic mass is 9.91. The van der Waals surface area contributed by atoms with Crippen molar-refractivity contribution in [1.29, 1.82) is 0 Å². The van der Waals surface area contributed by atoms with Crippen LogP contribution >= 0.6 is 0 Å². The number of nitrogens with one attached hydrogen (secondary N) is 2. The molecule has 0 saturated carbocycles. The van der Waals surface area contributed by atoms with E-state index in [1.54, 1.807) is 4.90 Å². The van der Waals surface area contributed by atoms with E-state index in [1.165, 1.54) is 23.1 Å². The van der Waals surface area contributed by atoms with E-state index < -0.39 is 51.6 Å². The van der Waals surface area contributed by atoms with Gasteiger partial charge in [-0.3, -0.25) is 14.1 Å². The quantitative estimate of drug-likeness (QED) is 0.145. The summed E-state index contributed by atoms with van der Waals surface area (Å²) in [6.07, 6.45) is -5.05. The van der Waals surface area contributed by atoms with Crippen molar-refractivity contribution in [2.45, 2.75) is 76.2 Å². The molecule has 11 nitrogen and oxygen atoms in total. The average molecular weight is 723 g/mol. The van der Waals surface area contributed by atoms with Gasteiger partial charge in [-0.15, -0.1) is 0 Å². The number of nitrogens with zero attached hydrogens (tertiary/aromatic N) is 4. The van der Waals surface area contributed by atoms with Crippen molar-refractivity contribution >= 4 is 33.6 Å². The van der Waals surface area contributed by atoms with Gasteiger partial charge in [0.1, 0.15) is 17.7 Å². The molecule has 2 fully saturated rings. The van der Waals surface area contributed by atoms with Gasteiger partial charge in [-0.1, -0.05) is 12.1 Å². The molecule has 272 valence electrons. The lowest BCUT2D eigenvalue weighted by Crippen LogP contribution is -2.44. The normalized spacial score (nSPS) is 17.7. The van der Waals surface area contributed by atoms with Gasteiger partial charge in [-0.25, -0.2) is 9.97 Å². The molecule has 3 heterocycles. The molecule has 3 N–H and O–H groups in total. The Balaban J connectivity index is 1.31. The number of alkyl halides is 6. The first kappa shape index (κ1) is 38.1. The molecule has 0 bridgehead atoms. The van der Waals surface area contributed by atoms with Gasteiger partial charge in [0.2, 0.25) is 17.6 Å². The molecule has 2 aromatic rings. The van der Waals surface area contributed by atoms with E-state index in [-0.39, 0.29) is 55.8 Å². The Morgan fingerprint density at radius 3 is 2.18 bits per heavy atom. The second-order valence-electron chi connectivity index (χ2n) is 12.3. The van der Waals surface area contributed by atoms with Crippen LogP contribution in [0.4, 0.5) is 38.0 Å². The fourth-order valence-corrected chi connectivity index (χ4v) is 6.56. The zero-order valence-corrected chi connectivity index (χ0v) is 27.5. The first-order chi connectivity index (χ1) is 23.0.